The number of methoxy groups -OCH3 is 1. The summed E-state index contributed by atoms with van der Waals surface area (Å²) in [5.74, 6) is 0.503. The van der Waals surface area contributed by atoms with Crippen molar-refractivity contribution in [3.8, 4) is 0 Å². The van der Waals surface area contributed by atoms with Gasteiger partial charge in [-0.2, -0.15) is 0 Å². The summed E-state index contributed by atoms with van der Waals surface area (Å²) < 4.78 is 10.4. The second kappa shape index (κ2) is 9.37. The van der Waals surface area contributed by atoms with E-state index in [1.54, 1.807) is 29.8 Å². The number of hydrogen-bond donors (Lipinski definition) is 0. The molecule has 2 amide bonds. The van der Waals surface area contributed by atoms with Gasteiger partial charge in [-0.25, -0.2) is 4.79 Å². The summed E-state index contributed by atoms with van der Waals surface area (Å²) >= 11 is 0. The van der Waals surface area contributed by atoms with E-state index < -0.39 is 12.0 Å². The number of ether oxygens (including phenoxy) is 1. The van der Waals surface area contributed by atoms with Crippen LogP contribution >= 0.6 is 0 Å². The maximum Gasteiger partial charge on any atom is 0.341 e. The predicted octanol–water partition coefficient (Wildman–Crippen LogP) is 3.33. The lowest BCUT2D eigenvalue weighted by Crippen LogP contribution is -2.52. The molecule has 0 aliphatic carbocycles. The van der Waals surface area contributed by atoms with E-state index in [-0.39, 0.29) is 24.3 Å². The zero-order valence-electron chi connectivity index (χ0n) is 18.8. The summed E-state index contributed by atoms with van der Waals surface area (Å²) in [4.78, 5) is 41.4. The van der Waals surface area contributed by atoms with Crippen LogP contribution in [0.3, 0.4) is 0 Å². The Morgan fingerprint density at radius 1 is 1.23 bits per heavy atom. The van der Waals surface area contributed by atoms with Crippen molar-refractivity contribution in [2.24, 2.45) is 5.92 Å². The Morgan fingerprint density at radius 3 is 2.55 bits per heavy atom. The van der Waals surface area contributed by atoms with E-state index in [4.69, 9.17) is 9.15 Å². The molecule has 31 heavy (non-hydrogen) atoms. The van der Waals surface area contributed by atoms with Crippen LogP contribution in [0, 0.1) is 12.8 Å². The van der Waals surface area contributed by atoms with Crippen LogP contribution in [0.4, 0.5) is 0 Å². The van der Waals surface area contributed by atoms with E-state index in [2.05, 4.69) is 0 Å². The molecule has 1 aromatic carbocycles. The van der Waals surface area contributed by atoms with Gasteiger partial charge in [-0.3, -0.25) is 9.59 Å². The first-order valence-corrected chi connectivity index (χ1v) is 10.5. The maximum atomic E-state index is 13.4. The minimum Gasteiger partial charge on any atom is -0.465 e. The molecule has 1 atom stereocenters. The van der Waals surface area contributed by atoms with Crippen LogP contribution < -0.4 is 0 Å². The van der Waals surface area contributed by atoms with Crippen molar-refractivity contribution in [3.63, 3.8) is 0 Å². The van der Waals surface area contributed by atoms with Gasteiger partial charge in [0.25, 0.3) is 0 Å². The molecule has 0 N–H and O–H groups in total. The van der Waals surface area contributed by atoms with Gasteiger partial charge in [0.15, 0.2) is 0 Å². The van der Waals surface area contributed by atoms with Crippen LogP contribution in [0.25, 0.3) is 0 Å². The van der Waals surface area contributed by atoms with Gasteiger partial charge < -0.3 is 19.0 Å². The van der Waals surface area contributed by atoms with Gasteiger partial charge in [0.05, 0.1) is 13.7 Å². The first-order valence-electron chi connectivity index (χ1n) is 10.5. The van der Waals surface area contributed by atoms with Gasteiger partial charge in [0.1, 0.15) is 23.1 Å². The molecule has 0 fully saturated rings. The highest BCUT2D eigenvalue weighted by atomic mass is 16.5. The first kappa shape index (κ1) is 22.6. The molecule has 7 heteroatoms. The summed E-state index contributed by atoms with van der Waals surface area (Å²) in [6, 6.07) is 8.96. The van der Waals surface area contributed by atoms with Gasteiger partial charge in [0, 0.05) is 26.4 Å². The van der Waals surface area contributed by atoms with Crippen LogP contribution in [0.5, 0.6) is 0 Å². The summed E-state index contributed by atoms with van der Waals surface area (Å²) in [7, 11) is 3.00. The molecule has 2 aromatic rings. The topological polar surface area (TPSA) is 80.1 Å². The number of aryl methyl sites for hydroxylation is 1. The van der Waals surface area contributed by atoms with E-state index in [0.717, 1.165) is 11.1 Å². The van der Waals surface area contributed by atoms with E-state index in [1.165, 1.54) is 7.11 Å². The Bertz CT molecular complexity index is 978. The van der Waals surface area contributed by atoms with Gasteiger partial charge in [-0.1, -0.05) is 38.1 Å². The number of benzene rings is 1. The molecule has 2 heterocycles. The second-order valence-electron chi connectivity index (χ2n) is 8.48. The van der Waals surface area contributed by atoms with Crippen LogP contribution in [0.2, 0.25) is 0 Å². The van der Waals surface area contributed by atoms with Crippen molar-refractivity contribution in [2.45, 2.75) is 52.7 Å². The number of nitrogens with zero attached hydrogens (tertiary/aromatic N) is 2. The third kappa shape index (κ3) is 4.98. The summed E-state index contributed by atoms with van der Waals surface area (Å²) in [6.45, 7) is 6.30. The number of furan rings is 1. The molecule has 3 rings (SSSR count). The average molecular weight is 427 g/mol. The predicted molar refractivity (Wildman–Crippen MR) is 115 cm³/mol. The number of hydrogen-bond acceptors (Lipinski definition) is 5. The third-order valence-corrected chi connectivity index (χ3v) is 5.58. The monoisotopic (exact) mass is 426 g/mol. The number of rotatable bonds is 6. The van der Waals surface area contributed by atoms with E-state index in [1.807, 2.05) is 38.1 Å². The molecule has 7 nitrogen and oxygen atoms in total. The molecule has 0 spiro atoms. The molecule has 0 bridgehead atoms. The number of amides is 2. The Morgan fingerprint density at radius 2 is 1.90 bits per heavy atom. The Labute approximate surface area is 183 Å². The van der Waals surface area contributed by atoms with Crippen LogP contribution in [0.15, 0.2) is 34.7 Å². The van der Waals surface area contributed by atoms with E-state index in [0.29, 0.717) is 36.5 Å². The molecule has 1 aliphatic rings. The van der Waals surface area contributed by atoms with Crippen molar-refractivity contribution in [3.05, 3.63) is 58.5 Å². The quantitative estimate of drug-likeness (QED) is 0.662. The largest absolute Gasteiger partial charge is 0.465 e. The minimum atomic E-state index is -0.567. The summed E-state index contributed by atoms with van der Waals surface area (Å²) in [5, 5.41) is 0. The second-order valence-corrected chi connectivity index (χ2v) is 8.48. The highest BCUT2D eigenvalue weighted by molar-refractivity contribution is 5.91. The third-order valence-electron chi connectivity index (χ3n) is 5.58. The van der Waals surface area contributed by atoms with Gasteiger partial charge in [0.2, 0.25) is 11.8 Å². The first-order chi connectivity index (χ1) is 14.7. The fraction of sp³-hybridized carbons (Fsp3) is 0.458. The zero-order chi connectivity index (χ0) is 22.7. The van der Waals surface area contributed by atoms with Crippen molar-refractivity contribution < 1.29 is 23.5 Å². The molecule has 166 valence electrons. The van der Waals surface area contributed by atoms with Crippen LogP contribution in [-0.2, 0) is 33.8 Å². The normalized spacial score (nSPS) is 15.5. The molecule has 0 saturated heterocycles. The fourth-order valence-electron chi connectivity index (χ4n) is 3.97. The SMILES string of the molecule is COC(=O)c1cc(CN(C)C(=O)C2Cc3ccccc3CN2C(=O)CC(C)C)oc1C. The van der Waals surface area contributed by atoms with E-state index >= 15 is 0 Å². The summed E-state index contributed by atoms with van der Waals surface area (Å²) in [5.41, 5.74) is 2.51. The van der Waals surface area contributed by atoms with Gasteiger partial charge in [-0.15, -0.1) is 0 Å². The lowest BCUT2D eigenvalue weighted by atomic mass is 9.92. The van der Waals surface area contributed by atoms with Crippen molar-refractivity contribution >= 4 is 17.8 Å². The number of carbonyl (C=O) groups excluding carboxylic acids is 3. The Hall–Kier alpha value is -3.09. The van der Waals surface area contributed by atoms with Crippen molar-refractivity contribution in [1.29, 1.82) is 0 Å². The Balaban J connectivity index is 1.81. The average Bonchev–Trinajstić information content (AvgIpc) is 3.10. The zero-order valence-corrected chi connectivity index (χ0v) is 18.8. The fourth-order valence-corrected chi connectivity index (χ4v) is 3.97. The number of fused-ring (bicyclic) bond motifs is 1. The highest BCUT2D eigenvalue weighted by Gasteiger charge is 2.36. The van der Waals surface area contributed by atoms with Gasteiger partial charge >= 0.3 is 5.97 Å². The van der Waals surface area contributed by atoms with Gasteiger partial charge in [-0.05, 0) is 30.0 Å². The lowest BCUT2D eigenvalue weighted by Gasteiger charge is -2.38. The number of esters is 1. The number of carbonyl (C=O) groups is 3. The molecule has 0 saturated carbocycles. The number of likely N-dealkylation sites (N-methyl/N-ethyl adjacent to an activating group) is 1. The summed E-state index contributed by atoms with van der Waals surface area (Å²) in [6.07, 6.45) is 0.878. The standard InChI is InChI=1S/C24H30N2O5/c1-15(2)10-22(27)26-13-18-9-7-6-8-17(18)11-21(26)23(28)25(4)14-19-12-20(16(3)31-19)24(29)30-5/h6-9,12,15,21H,10-11,13-14H2,1-5H3. The molecular formula is C24H30N2O5. The smallest absolute Gasteiger partial charge is 0.341 e. The van der Waals surface area contributed by atoms with Crippen LogP contribution in [-0.4, -0.2) is 47.8 Å². The molecule has 1 aromatic heterocycles. The lowest BCUT2D eigenvalue weighted by molar-refractivity contribution is -0.147. The minimum absolute atomic E-state index is 0.0157. The maximum absolute atomic E-state index is 13.4. The van der Waals surface area contributed by atoms with Crippen molar-refractivity contribution in [2.75, 3.05) is 14.2 Å². The molecule has 1 unspecified atom stereocenters. The molecule has 1 aliphatic heterocycles. The molecule has 0 radical (unpaired) electrons. The molecular weight excluding hydrogens is 396 g/mol. The van der Waals surface area contributed by atoms with E-state index in [9.17, 15) is 14.4 Å². The van der Waals surface area contributed by atoms with Crippen molar-refractivity contribution in [1.82, 2.24) is 9.80 Å². The Kier molecular flexibility index (Phi) is 6.83. The van der Waals surface area contributed by atoms with Crippen LogP contribution in [0.1, 0.15) is 53.3 Å². The highest BCUT2D eigenvalue weighted by Crippen LogP contribution is 2.26.